The lowest BCUT2D eigenvalue weighted by Gasteiger charge is -2.34. The SMILES string of the molecule is O=C(CN1CCN(c2nccs2)CC1)NCc1ccc(OC(F)F)cc1. The number of alkyl halides is 2. The van der Waals surface area contributed by atoms with E-state index in [0.29, 0.717) is 13.1 Å². The van der Waals surface area contributed by atoms with Gasteiger partial charge in [0.05, 0.1) is 6.54 Å². The largest absolute Gasteiger partial charge is 0.435 e. The van der Waals surface area contributed by atoms with Crippen molar-refractivity contribution in [2.75, 3.05) is 37.6 Å². The van der Waals surface area contributed by atoms with Crippen molar-refractivity contribution in [2.24, 2.45) is 0 Å². The molecule has 1 fully saturated rings. The molecule has 0 bridgehead atoms. The van der Waals surface area contributed by atoms with Crippen LogP contribution in [0.5, 0.6) is 5.75 Å². The fraction of sp³-hybridized carbons (Fsp3) is 0.412. The highest BCUT2D eigenvalue weighted by Gasteiger charge is 2.20. The Balaban J connectivity index is 1.38. The maximum Gasteiger partial charge on any atom is 0.387 e. The van der Waals surface area contributed by atoms with Crippen molar-refractivity contribution in [1.82, 2.24) is 15.2 Å². The Bertz CT molecular complexity index is 689. The molecule has 2 heterocycles. The maximum atomic E-state index is 12.1. The monoisotopic (exact) mass is 382 g/mol. The van der Waals surface area contributed by atoms with Gasteiger partial charge in [-0.25, -0.2) is 4.98 Å². The van der Waals surface area contributed by atoms with Gasteiger partial charge in [-0.15, -0.1) is 11.3 Å². The lowest BCUT2D eigenvalue weighted by molar-refractivity contribution is -0.122. The van der Waals surface area contributed by atoms with Gasteiger partial charge in [-0.05, 0) is 17.7 Å². The molecule has 6 nitrogen and oxygen atoms in total. The molecule has 0 atom stereocenters. The molecule has 1 aromatic carbocycles. The number of hydrogen-bond donors (Lipinski definition) is 1. The fourth-order valence-corrected chi connectivity index (χ4v) is 3.41. The first-order valence-electron chi connectivity index (χ1n) is 8.27. The number of amides is 1. The molecule has 1 aliphatic rings. The minimum absolute atomic E-state index is 0.0550. The minimum Gasteiger partial charge on any atom is -0.435 e. The summed E-state index contributed by atoms with van der Waals surface area (Å²) in [5.74, 6) is 0.0498. The second-order valence-corrected chi connectivity index (χ2v) is 6.75. The second-order valence-electron chi connectivity index (χ2n) is 5.88. The molecular weight excluding hydrogens is 362 g/mol. The van der Waals surface area contributed by atoms with E-state index in [1.165, 1.54) is 12.1 Å². The Morgan fingerprint density at radius 1 is 1.23 bits per heavy atom. The summed E-state index contributed by atoms with van der Waals surface area (Å²) in [6, 6.07) is 6.24. The number of halogens is 2. The third-order valence-electron chi connectivity index (χ3n) is 4.07. The van der Waals surface area contributed by atoms with E-state index in [9.17, 15) is 13.6 Å². The molecule has 1 amide bonds. The van der Waals surface area contributed by atoms with Crippen LogP contribution in [-0.2, 0) is 11.3 Å². The molecule has 26 heavy (non-hydrogen) atoms. The number of aromatic nitrogens is 1. The van der Waals surface area contributed by atoms with E-state index in [2.05, 4.69) is 24.8 Å². The minimum atomic E-state index is -2.84. The number of piperazine rings is 1. The van der Waals surface area contributed by atoms with Gasteiger partial charge < -0.3 is 15.0 Å². The van der Waals surface area contributed by atoms with Crippen LogP contribution >= 0.6 is 11.3 Å². The molecule has 0 saturated carbocycles. The summed E-state index contributed by atoms with van der Waals surface area (Å²) in [6.07, 6.45) is 1.80. The number of nitrogens with zero attached hydrogens (tertiary/aromatic N) is 3. The molecule has 0 radical (unpaired) electrons. The summed E-state index contributed by atoms with van der Waals surface area (Å²) in [6.45, 7) is 1.19. The van der Waals surface area contributed by atoms with Crippen molar-refractivity contribution in [3.63, 3.8) is 0 Å². The van der Waals surface area contributed by atoms with Crippen molar-refractivity contribution < 1.29 is 18.3 Å². The fourth-order valence-electron chi connectivity index (χ4n) is 2.72. The van der Waals surface area contributed by atoms with Crippen LogP contribution in [0.15, 0.2) is 35.8 Å². The van der Waals surface area contributed by atoms with Gasteiger partial charge in [-0.1, -0.05) is 12.1 Å². The smallest absolute Gasteiger partial charge is 0.387 e. The van der Waals surface area contributed by atoms with Crippen LogP contribution in [0.2, 0.25) is 0 Å². The lowest BCUT2D eigenvalue weighted by atomic mass is 10.2. The molecule has 1 N–H and O–H groups in total. The predicted molar refractivity (Wildman–Crippen MR) is 95.7 cm³/mol. The number of carbonyl (C=O) groups excluding carboxylic acids is 1. The Labute approximate surface area is 154 Å². The van der Waals surface area contributed by atoms with Crippen molar-refractivity contribution >= 4 is 22.4 Å². The Hall–Kier alpha value is -2.26. The van der Waals surface area contributed by atoms with E-state index in [1.807, 2.05) is 5.38 Å². The maximum absolute atomic E-state index is 12.1. The van der Waals surface area contributed by atoms with Gasteiger partial charge in [0.1, 0.15) is 5.75 Å². The van der Waals surface area contributed by atoms with Gasteiger partial charge in [-0.2, -0.15) is 8.78 Å². The quantitative estimate of drug-likeness (QED) is 0.796. The summed E-state index contributed by atoms with van der Waals surface area (Å²) >= 11 is 1.62. The van der Waals surface area contributed by atoms with E-state index in [4.69, 9.17) is 0 Å². The van der Waals surface area contributed by atoms with Crippen LogP contribution in [-0.4, -0.2) is 55.1 Å². The Kier molecular flexibility index (Phi) is 6.35. The van der Waals surface area contributed by atoms with E-state index < -0.39 is 6.61 Å². The number of carbonyl (C=O) groups is 1. The molecule has 0 unspecified atom stereocenters. The molecular formula is C17H20F2N4O2S. The standard InChI is InChI=1S/C17H20F2N4O2S/c18-16(19)25-14-3-1-13(2-4-14)11-21-15(24)12-22-6-8-23(9-7-22)17-20-5-10-26-17/h1-5,10,16H,6-9,11-12H2,(H,21,24). The van der Waals surface area contributed by atoms with E-state index in [-0.39, 0.29) is 11.7 Å². The zero-order valence-electron chi connectivity index (χ0n) is 14.1. The van der Waals surface area contributed by atoms with E-state index in [0.717, 1.165) is 36.9 Å². The zero-order valence-corrected chi connectivity index (χ0v) is 14.9. The highest BCUT2D eigenvalue weighted by Crippen LogP contribution is 2.18. The Morgan fingerprint density at radius 2 is 1.96 bits per heavy atom. The number of rotatable bonds is 7. The second kappa shape index (κ2) is 8.91. The topological polar surface area (TPSA) is 57.7 Å². The number of nitrogens with one attached hydrogen (secondary N) is 1. The van der Waals surface area contributed by atoms with E-state index >= 15 is 0 Å². The van der Waals surface area contributed by atoms with Crippen LogP contribution in [0, 0.1) is 0 Å². The number of benzene rings is 1. The van der Waals surface area contributed by atoms with Crippen molar-refractivity contribution in [3.05, 3.63) is 41.4 Å². The van der Waals surface area contributed by atoms with Crippen molar-refractivity contribution in [1.29, 1.82) is 0 Å². The Morgan fingerprint density at radius 3 is 2.58 bits per heavy atom. The van der Waals surface area contributed by atoms with E-state index in [1.54, 1.807) is 29.7 Å². The average molecular weight is 382 g/mol. The summed E-state index contributed by atoms with van der Waals surface area (Å²) in [5.41, 5.74) is 0.827. The van der Waals surface area contributed by atoms with Crippen molar-refractivity contribution in [3.8, 4) is 5.75 Å². The summed E-state index contributed by atoms with van der Waals surface area (Å²) in [5, 5.41) is 5.83. The van der Waals surface area contributed by atoms with Gasteiger partial charge >= 0.3 is 6.61 Å². The first-order valence-corrected chi connectivity index (χ1v) is 9.15. The van der Waals surface area contributed by atoms with Gasteiger partial charge in [0, 0.05) is 44.3 Å². The summed E-state index contributed by atoms with van der Waals surface area (Å²) in [4.78, 5) is 20.7. The first-order chi connectivity index (χ1) is 12.6. The van der Waals surface area contributed by atoms with Crippen molar-refractivity contribution in [2.45, 2.75) is 13.2 Å². The van der Waals surface area contributed by atoms with Crippen LogP contribution in [0.3, 0.4) is 0 Å². The predicted octanol–water partition coefficient (Wildman–Crippen LogP) is 2.18. The highest BCUT2D eigenvalue weighted by atomic mass is 32.1. The molecule has 140 valence electrons. The summed E-state index contributed by atoms with van der Waals surface area (Å²) < 4.78 is 28.5. The third-order valence-corrected chi connectivity index (χ3v) is 4.90. The molecule has 1 aromatic heterocycles. The summed E-state index contributed by atoms with van der Waals surface area (Å²) in [7, 11) is 0. The molecule has 3 rings (SSSR count). The highest BCUT2D eigenvalue weighted by molar-refractivity contribution is 7.13. The zero-order chi connectivity index (χ0) is 18.4. The number of thiazole rings is 1. The normalized spacial score (nSPS) is 15.3. The molecule has 0 spiro atoms. The first kappa shape index (κ1) is 18.5. The van der Waals surface area contributed by atoms with Crippen LogP contribution in [0.25, 0.3) is 0 Å². The van der Waals surface area contributed by atoms with Crippen LogP contribution in [0.4, 0.5) is 13.9 Å². The molecule has 1 saturated heterocycles. The number of ether oxygens (including phenoxy) is 1. The third kappa shape index (κ3) is 5.37. The van der Waals surface area contributed by atoms with Gasteiger partial charge in [0.15, 0.2) is 5.13 Å². The van der Waals surface area contributed by atoms with Gasteiger partial charge in [-0.3, -0.25) is 9.69 Å². The average Bonchev–Trinajstić information content (AvgIpc) is 3.16. The molecule has 9 heteroatoms. The molecule has 1 aliphatic heterocycles. The van der Waals surface area contributed by atoms with Crippen LogP contribution in [0.1, 0.15) is 5.56 Å². The lowest BCUT2D eigenvalue weighted by Crippen LogP contribution is -2.49. The van der Waals surface area contributed by atoms with Gasteiger partial charge in [0.25, 0.3) is 0 Å². The number of anilines is 1. The molecule has 2 aromatic rings. The number of hydrogen-bond acceptors (Lipinski definition) is 6. The van der Waals surface area contributed by atoms with Gasteiger partial charge in [0.2, 0.25) is 5.91 Å². The van der Waals surface area contributed by atoms with Crippen LogP contribution < -0.4 is 15.0 Å². The molecule has 0 aliphatic carbocycles.